The summed E-state index contributed by atoms with van der Waals surface area (Å²) in [6, 6.07) is -0.904. The molecule has 0 rings (SSSR count). The van der Waals surface area contributed by atoms with Crippen molar-refractivity contribution in [1.29, 1.82) is 0 Å². The average molecular weight is 1090 g/mol. The summed E-state index contributed by atoms with van der Waals surface area (Å²) in [5, 5.41) is 3.02. The lowest BCUT2D eigenvalue weighted by atomic mass is 10.0. The summed E-state index contributed by atoms with van der Waals surface area (Å²) in [6.45, 7) is 6.56. The van der Waals surface area contributed by atoms with Crippen LogP contribution in [0.25, 0.3) is 0 Å². The van der Waals surface area contributed by atoms with Gasteiger partial charge in [-0.3, -0.25) is 14.2 Å². The molecule has 0 aliphatic rings. The molecule has 1 N–H and O–H groups in total. The highest BCUT2D eigenvalue weighted by atomic mass is 31.2. The van der Waals surface area contributed by atoms with Crippen LogP contribution < -0.4 is 10.2 Å². The first-order valence-electron chi connectivity index (χ1n) is 31.2. The van der Waals surface area contributed by atoms with E-state index >= 15 is 0 Å². The van der Waals surface area contributed by atoms with E-state index in [0.717, 1.165) is 122 Å². The van der Waals surface area contributed by atoms with Crippen molar-refractivity contribution < 1.29 is 37.3 Å². The van der Waals surface area contributed by atoms with Crippen molar-refractivity contribution in [3.63, 3.8) is 0 Å². The highest BCUT2D eigenvalue weighted by molar-refractivity contribution is 7.45. The van der Waals surface area contributed by atoms with Gasteiger partial charge in [-0.05, 0) is 96.0 Å². The minimum atomic E-state index is -4.71. The average Bonchev–Trinajstić information content (AvgIpc) is 3.39. The highest BCUT2D eigenvalue weighted by Gasteiger charge is 2.27. The summed E-state index contributed by atoms with van der Waals surface area (Å²) < 4.78 is 30.2. The van der Waals surface area contributed by atoms with Crippen molar-refractivity contribution in [2.45, 2.75) is 264 Å². The van der Waals surface area contributed by atoms with Crippen LogP contribution in [0.5, 0.6) is 0 Å². The maximum absolute atomic E-state index is 13.5. The maximum Gasteiger partial charge on any atom is 0.306 e. The predicted octanol–water partition coefficient (Wildman–Crippen LogP) is 18.7. The van der Waals surface area contributed by atoms with Crippen LogP contribution in [0.4, 0.5) is 0 Å². The van der Waals surface area contributed by atoms with Gasteiger partial charge in [0.2, 0.25) is 5.91 Å². The largest absolute Gasteiger partial charge is 0.756 e. The Morgan fingerprint density at radius 2 is 0.896 bits per heavy atom. The lowest BCUT2D eigenvalue weighted by Gasteiger charge is -2.30. The highest BCUT2D eigenvalue weighted by Crippen LogP contribution is 2.38. The van der Waals surface area contributed by atoms with Crippen LogP contribution in [0, 0.1) is 0 Å². The predicted molar refractivity (Wildman–Crippen MR) is 330 cm³/mol. The van der Waals surface area contributed by atoms with Gasteiger partial charge in [0.15, 0.2) is 0 Å². The zero-order chi connectivity index (χ0) is 56.4. The van der Waals surface area contributed by atoms with E-state index < -0.39 is 26.6 Å². The van der Waals surface area contributed by atoms with Crippen molar-refractivity contribution in [3.05, 3.63) is 109 Å². The number of phosphoric acid groups is 1. The van der Waals surface area contributed by atoms with E-state index in [9.17, 15) is 19.0 Å². The van der Waals surface area contributed by atoms with Gasteiger partial charge in [-0.2, -0.15) is 0 Å². The maximum atomic E-state index is 13.5. The Balaban J connectivity index is 5.07. The smallest absolute Gasteiger partial charge is 0.306 e. The number of carbonyl (C=O) groups is 2. The molecule has 3 unspecified atom stereocenters. The van der Waals surface area contributed by atoms with Gasteiger partial charge in [0, 0.05) is 12.8 Å². The van der Waals surface area contributed by atoms with Crippen molar-refractivity contribution in [3.8, 4) is 0 Å². The van der Waals surface area contributed by atoms with Gasteiger partial charge in [-0.1, -0.05) is 252 Å². The molecule has 0 heterocycles. The Bertz CT molecular complexity index is 1690. The van der Waals surface area contributed by atoms with Crippen LogP contribution in [0.2, 0.25) is 0 Å². The molecule has 0 aliphatic carbocycles. The van der Waals surface area contributed by atoms with Crippen LogP contribution >= 0.6 is 7.82 Å². The van der Waals surface area contributed by atoms with Gasteiger partial charge in [-0.25, -0.2) is 0 Å². The summed E-state index contributed by atoms with van der Waals surface area (Å²) in [5.74, 6) is -0.574. The van der Waals surface area contributed by atoms with Crippen LogP contribution in [-0.4, -0.2) is 69.4 Å². The topological polar surface area (TPSA) is 114 Å². The van der Waals surface area contributed by atoms with E-state index in [1.165, 1.54) is 89.9 Å². The fourth-order valence-electron chi connectivity index (χ4n) is 8.49. The van der Waals surface area contributed by atoms with E-state index in [-0.39, 0.29) is 24.9 Å². The fraction of sp³-hybridized carbons (Fsp3) is 0.701. The first-order valence-corrected chi connectivity index (χ1v) is 32.7. The van der Waals surface area contributed by atoms with E-state index in [0.29, 0.717) is 23.9 Å². The number of ether oxygens (including phenoxy) is 1. The molecule has 0 fully saturated rings. The molecule has 1 amide bonds. The molecule has 0 aromatic heterocycles. The normalized spacial score (nSPS) is 14.4. The zero-order valence-electron chi connectivity index (χ0n) is 50.4. The number of esters is 1. The second-order valence-corrected chi connectivity index (χ2v) is 23.3. The molecule has 10 heteroatoms. The molecule has 0 bridgehead atoms. The summed E-state index contributed by atoms with van der Waals surface area (Å²) in [7, 11) is 1.16. The molecule has 0 saturated carbocycles. The van der Waals surface area contributed by atoms with Gasteiger partial charge in [0.1, 0.15) is 19.3 Å². The molecule has 442 valence electrons. The lowest BCUT2D eigenvalue weighted by molar-refractivity contribution is -0.870. The van der Waals surface area contributed by atoms with Crippen LogP contribution in [-0.2, 0) is 27.9 Å². The third-order valence-electron chi connectivity index (χ3n) is 13.3. The SMILES string of the molecule is CC/C=C\C/C=C\C/C=C\C/C=C\C/C=C\CCCCCCCCCCCCCC(=O)NC(COP(=O)([O-])OCC[N+](C)(C)C)C(/C=C\CCCCCCCCCCC)OC(=O)CCCCCCC\C=C/C=C/C=C/CC. The number of phosphoric ester groups is 1. The fourth-order valence-corrected chi connectivity index (χ4v) is 9.21. The Kier molecular flexibility index (Phi) is 53.5. The number of hydrogen-bond acceptors (Lipinski definition) is 7. The third kappa shape index (κ3) is 57.2. The molecule has 77 heavy (non-hydrogen) atoms. The van der Waals surface area contributed by atoms with Crippen LogP contribution in [0.3, 0.4) is 0 Å². The van der Waals surface area contributed by atoms with Gasteiger partial charge in [0.25, 0.3) is 7.82 Å². The summed E-state index contributed by atoms with van der Waals surface area (Å²) in [5.41, 5.74) is 0. The quantitative estimate of drug-likeness (QED) is 0.0161. The van der Waals surface area contributed by atoms with Gasteiger partial charge in [0.05, 0.1) is 33.8 Å². The van der Waals surface area contributed by atoms with Crippen LogP contribution in [0.15, 0.2) is 109 Å². The summed E-state index contributed by atoms with van der Waals surface area (Å²) in [6.07, 6.45) is 76.4. The van der Waals surface area contributed by atoms with Crippen molar-refractivity contribution in [2.24, 2.45) is 0 Å². The summed E-state index contributed by atoms with van der Waals surface area (Å²) in [4.78, 5) is 39.9. The molecular formula is C67H117N2O7P. The number of quaternary nitrogens is 1. The number of unbranched alkanes of at least 4 members (excludes halogenated alkanes) is 25. The van der Waals surface area contributed by atoms with E-state index in [4.69, 9.17) is 13.8 Å². The molecule has 0 radical (unpaired) electrons. The standard InChI is InChI=1S/C67H117N2O7P/c1-7-10-13-16-19-22-25-27-28-29-30-31-32-33-34-35-36-37-38-39-40-42-44-47-50-53-56-59-66(70)68-64(63-75-77(72,73)74-62-61-69(4,5)6)65(58-55-52-49-46-43-24-21-18-15-12-9-3)76-67(71)60-57-54-51-48-45-41-26-23-20-17-14-11-8-2/h10-11,13-14,17,19-20,22-23,26-28,30-31,33-34,55,58,64-65H,7-9,12,15-16,18,21,24-25,29,32,35-54,56-57,59-63H2,1-6H3,(H-,68,70,72,73)/b13-10-,14-11+,20-17+,22-19-,26-23-,28-27-,31-30-,34-33-,58-55-. The lowest BCUT2D eigenvalue weighted by Crippen LogP contribution is -2.47. The minimum absolute atomic E-state index is 0.0314. The van der Waals surface area contributed by atoms with Crippen molar-refractivity contribution in [1.82, 2.24) is 5.32 Å². The molecule has 3 atom stereocenters. The molecule has 0 aromatic carbocycles. The van der Waals surface area contributed by atoms with E-state index in [1.807, 2.05) is 39.4 Å². The molecule has 0 spiro atoms. The molecule has 9 nitrogen and oxygen atoms in total. The molecule has 0 aliphatic heterocycles. The second kappa shape index (κ2) is 56.0. The van der Waals surface area contributed by atoms with Gasteiger partial charge < -0.3 is 28.5 Å². The third-order valence-corrected chi connectivity index (χ3v) is 14.2. The first-order chi connectivity index (χ1) is 37.4. The van der Waals surface area contributed by atoms with Crippen LogP contribution in [0.1, 0.15) is 252 Å². The number of carbonyl (C=O) groups excluding carboxylic acids is 2. The first kappa shape index (κ1) is 73.7. The molecular weight excluding hydrogens is 976 g/mol. The number of nitrogens with one attached hydrogen (secondary N) is 1. The Morgan fingerprint density at radius 3 is 1.39 bits per heavy atom. The number of rotatable bonds is 55. The molecule has 0 saturated heterocycles. The number of allylic oxidation sites excluding steroid dienone is 17. The van der Waals surface area contributed by atoms with E-state index in [1.54, 1.807) is 0 Å². The van der Waals surface area contributed by atoms with E-state index in [2.05, 4.69) is 117 Å². The zero-order valence-corrected chi connectivity index (χ0v) is 51.3. The molecule has 0 aromatic rings. The minimum Gasteiger partial charge on any atom is -0.756 e. The van der Waals surface area contributed by atoms with Gasteiger partial charge >= 0.3 is 5.97 Å². The summed E-state index contributed by atoms with van der Waals surface area (Å²) >= 11 is 0. The Labute approximate surface area is 474 Å². The monoisotopic (exact) mass is 1090 g/mol. The Hall–Kier alpha value is -3.33. The Morgan fingerprint density at radius 1 is 0.481 bits per heavy atom. The number of hydrogen-bond donors (Lipinski definition) is 1. The number of likely N-dealkylation sites (N-methyl/N-ethyl adjacent to an activating group) is 1. The number of nitrogens with zero attached hydrogens (tertiary/aromatic N) is 1. The number of amides is 1. The van der Waals surface area contributed by atoms with Crippen molar-refractivity contribution >= 4 is 19.7 Å². The van der Waals surface area contributed by atoms with Gasteiger partial charge in [-0.15, -0.1) is 0 Å². The second-order valence-electron chi connectivity index (χ2n) is 21.9. The van der Waals surface area contributed by atoms with Crippen molar-refractivity contribution in [2.75, 3.05) is 40.9 Å².